The zero-order valence-corrected chi connectivity index (χ0v) is 15.2. The third-order valence-corrected chi connectivity index (χ3v) is 4.42. The van der Waals surface area contributed by atoms with Gasteiger partial charge in [-0.3, -0.25) is 9.78 Å². The van der Waals surface area contributed by atoms with Crippen LogP contribution in [0.3, 0.4) is 0 Å². The summed E-state index contributed by atoms with van der Waals surface area (Å²) < 4.78 is 0. The van der Waals surface area contributed by atoms with Gasteiger partial charge in [-0.2, -0.15) is 0 Å². The summed E-state index contributed by atoms with van der Waals surface area (Å²) in [6, 6.07) is 14.4. The highest BCUT2D eigenvalue weighted by molar-refractivity contribution is 5.76. The molecule has 4 heteroatoms. The van der Waals surface area contributed by atoms with Crippen LogP contribution in [0.2, 0.25) is 0 Å². The van der Waals surface area contributed by atoms with Crippen molar-refractivity contribution in [2.75, 3.05) is 11.9 Å². The predicted molar refractivity (Wildman–Crippen MR) is 103 cm³/mol. The summed E-state index contributed by atoms with van der Waals surface area (Å²) in [7, 11) is 0. The Balaban J connectivity index is 1.90. The van der Waals surface area contributed by atoms with E-state index in [1.165, 1.54) is 5.56 Å². The molecule has 1 amide bonds. The van der Waals surface area contributed by atoms with Crippen molar-refractivity contribution < 1.29 is 4.79 Å². The van der Waals surface area contributed by atoms with E-state index in [1.54, 1.807) is 12.4 Å². The number of amides is 1. The molecule has 0 saturated heterocycles. The van der Waals surface area contributed by atoms with Crippen molar-refractivity contribution in [2.45, 2.75) is 45.6 Å². The fraction of sp³-hybridized carbons (Fsp3) is 0.429. The number of nitrogens with zero attached hydrogens (tertiary/aromatic N) is 1. The predicted octanol–water partition coefficient (Wildman–Crippen LogP) is 4.05. The largest absolute Gasteiger partial charge is 0.385 e. The minimum atomic E-state index is 0.133. The van der Waals surface area contributed by atoms with Gasteiger partial charge in [0.25, 0.3) is 0 Å². The third kappa shape index (κ3) is 7.38. The highest BCUT2D eigenvalue weighted by Gasteiger charge is 2.14. The number of rotatable bonds is 10. The van der Waals surface area contributed by atoms with Crippen molar-refractivity contribution in [3.63, 3.8) is 0 Å². The quantitative estimate of drug-likeness (QED) is 0.687. The fourth-order valence-corrected chi connectivity index (χ4v) is 2.73. The summed E-state index contributed by atoms with van der Waals surface area (Å²) in [4.78, 5) is 16.3. The lowest BCUT2D eigenvalue weighted by atomic mass is 10.0. The molecular weight excluding hydrogens is 310 g/mol. The second-order valence-electron chi connectivity index (χ2n) is 6.62. The van der Waals surface area contributed by atoms with Crippen molar-refractivity contribution in [1.82, 2.24) is 10.3 Å². The van der Waals surface area contributed by atoms with Crippen LogP contribution in [-0.4, -0.2) is 23.5 Å². The Kier molecular flexibility index (Phi) is 7.96. The van der Waals surface area contributed by atoms with E-state index in [0.717, 1.165) is 31.5 Å². The minimum absolute atomic E-state index is 0.133. The second-order valence-corrected chi connectivity index (χ2v) is 6.62. The molecule has 2 rings (SSSR count). The van der Waals surface area contributed by atoms with E-state index < -0.39 is 0 Å². The average molecular weight is 339 g/mol. The number of carbonyl (C=O) groups excluding carboxylic acids is 1. The molecule has 1 heterocycles. The van der Waals surface area contributed by atoms with Crippen molar-refractivity contribution in [1.29, 1.82) is 0 Å². The summed E-state index contributed by atoms with van der Waals surface area (Å²) in [6.45, 7) is 5.06. The normalized spacial score (nSPS) is 13.0. The van der Waals surface area contributed by atoms with Crippen molar-refractivity contribution in [2.24, 2.45) is 5.92 Å². The van der Waals surface area contributed by atoms with Gasteiger partial charge in [-0.15, -0.1) is 0 Å². The number of pyridine rings is 1. The van der Waals surface area contributed by atoms with Gasteiger partial charge in [-0.25, -0.2) is 0 Å². The molecule has 134 valence electrons. The highest BCUT2D eigenvalue weighted by Crippen LogP contribution is 2.10. The number of nitrogens with one attached hydrogen (secondary N) is 2. The van der Waals surface area contributed by atoms with Crippen molar-refractivity contribution in [3.8, 4) is 0 Å². The Morgan fingerprint density at radius 3 is 2.52 bits per heavy atom. The van der Waals surface area contributed by atoms with E-state index in [1.807, 2.05) is 30.3 Å². The molecule has 1 unspecified atom stereocenters. The van der Waals surface area contributed by atoms with Gasteiger partial charge >= 0.3 is 0 Å². The van der Waals surface area contributed by atoms with Gasteiger partial charge in [-0.1, -0.05) is 50.6 Å². The highest BCUT2D eigenvalue weighted by atomic mass is 16.1. The molecule has 0 aliphatic heterocycles. The van der Waals surface area contributed by atoms with Crippen LogP contribution in [0.4, 0.5) is 5.69 Å². The Hall–Kier alpha value is -2.36. The van der Waals surface area contributed by atoms with Crippen LogP contribution >= 0.6 is 0 Å². The molecule has 0 bridgehead atoms. The van der Waals surface area contributed by atoms with Crippen molar-refractivity contribution in [3.05, 3.63) is 60.4 Å². The first kappa shape index (κ1) is 19.0. The smallest absolute Gasteiger partial charge is 0.220 e. The van der Waals surface area contributed by atoms with Crippen LogP contribution in [0.25, 0.3) is 0 Å². The first-order valence-electron chi connectivity index (χ1n) is 9.14. The standard InChI is InChI=1S/C21H29N3O/c1-3-17(2)15-21(25)24-20(16-18-7-5-4-6-8-18)11-14-23-19-9-12-22-13-10-19/h4-10,12-13,17,20H,3,11,14-16H2,1-2H3,(H,22,23)(H,24,25)/t17?,20-/m1/s1. The first-order valence-corrected chi connectivity index (χ1v) is 9.14. The number of hydrogen-bond acceptors (Lipinski definition) is 3. The maximum Gasteiger partial charge on any atom is 0.220 e. The molecular formula is C21H29N3O. The van der Waals surface area contributed by atoms with E-state index in [-0.39, 0.29) is 11.9 Å². The molecule has 0 aliphatic rings. The van der Waals surface area contributed by atoms with Crippen molar-refractivity contribution >= 4 is 11.6 Å². The van der Waals surface area contributed by atoms with E-state index in [9.17, 15) is 4.79 Å². The Labute approximate surface area is 151 Å². The molecule has 0 saturated carbocycles. The molecule has 2 atom stereocenters. The zero-order chi connectivity index (χ0) is 17.9. The number of carbonyl (C=O) groups is 1. The number of benzene rings is 1. The number of anilines is 1. The molecule has 0 aliphatic carbocycles. The Bertz CT molecular complexity index is 616. The number of hydrogen-bond donors (Lipinski definition) is 2. The van der Waals surface area contributed by atoms with E-state index >= 15 is 0 Å². The molecule has 4 nitrogen and oxygen atoms in total. The molecule has 1 aromatic heterocycles. The summed E-state index contributed by atoms with van der Waals surface area (Å²) in [5.74, 6) is 0.575. The lowest BCUT2D eigenvalue weighted by Crippen LogP contribution is -2.38. The third-order valence-electron chi connectivity index (χ3n) is 4.42. The van der Waals surface area contributed by atoms with Gasteiger partial charge in [0.15, 0.2) is 0 Å². The van der Waals surface area contributed by atoms with Gasteiger partial charge in [0, 0.05) is 37.1 Å². The Morgan fingerprint density at radius 1 is 1.12 bits per heavy atom. The molecule has 0 fully saturated rings. The molecule has 25 heavy (non-hydrogen) atoms. The Morgan fingerprint density at radius 2 is 1.84 bits per heavy atom. The molecule has 0 spiro atoms. The van der Waals surface area contributed by atoms with Crippen LogP contribution < -0.4 is 10.6 Å². The van der Waals surface area contributed by atoms with Crippen LogP contribution in [-0.2, 0) is 11.2 Å². The molecule has 0 radical (unpaired) electrons. The second kappa shape index (κ2) is 10.5. The van der Waals surface area contributed by atoms with Gasteiger partial charge in [0.2, 0.25) is 5.91 Å². The van der Waals surface area contributed by atoms with Crippen LogP contribution in [0.5, 0.6) is 0 Å². The maximum absolute atomic E-state index is 12.3. The lowest BCUT2D eigenvalue weighted by Gasteiger charge is -2.20. The molecule has 2 aromatic rings. The van der Waals surface area contributed by atoms with Gasteiger partial charge in [0.1, 0.15) is 0 Å². The van der Waals surface area contributed by atoms with E-state index in [4.69, 9.17) is 0 Å². The van der Waals surface area contributed by atoms with E-state index in [2.05, 4.69) is 41.6 Å². The molecule has 1 aromatic carbocycles. The van der Waals surface area contributed by atoms with Gasteiger partial charge in [0.05, 0.1) is 0 Å². The monoisotopic (exact) mass is 339 g/mol. The summed E-state index contributed by atoms with van der Waals surface area (Å²) in [5, 5.41) is 6.62. The number of aromatic nitrogens is 1. The zero-order valence-electron chi connectivity index (χ0n) is 15.2. The SMILES string of the molecule is CCC(C)CC(=O)N[C@H](CCNc1ccncc1)Cc1ccccc1. The molecule has 2 N–H and O–H groups in total. The van der Waals surface area contributed by atoms with Crippen LogP contribution in [0.15, 0.2) is 54.9 Å². The van der Waals surface area contributed by atoms with Gasteiger partial charge < -0.3 is 10.6 Å². The van der Waals surface area contributed by atoms with Gasteiger partial charge in [-0.05, 0) is 36.5 Å². The summed E-state index contributed by atoms with van der Waals surface area (Å²) in [6.07, 6.45) is 6.91. The average Bonchev–Trinajstić information content (AvgIpc) is 2.63. The fourth-order valence-electron chi connectivity index (χ4n) is 2.73. The van der Waals surface area contributed by atoms with Crippen LogP contribution in [0.1, 0.15) is 38.7 Å². The summed E-state index contributed by atoms with van der Waals surface area (Å²) >= 11 is 0. The lowest BCUT2D eigenvalue weighted by molar-refractivity contribution is -0.122. The topological polar surface area (TPSA) is 54.0 Å². The maximum atomic E-state index is 12.3. The first-order chi connectivity index (χ1) is 12.2. The summed E-state index contributed by atoms with van der Waals surface area (Å²) in [5.41, 5.74) is 2.31. The minimum Gasteiger partial charge on any atom is -0.385 e. The van der Waals surface area contributed by atoms with Crippen LogP contribution in [0, 0.1) is 5.92 Å². The van der Waals surface area contributed by atoms with E-state index in [0.29, 0.717) is 12.3 Å².